The van der Waals surface area contributed by atoms with Gasteiger partial charge in [0.15, 0.2) is 0 Å². The molecular weight excluding hydrogens is 302 g/mol. The summed E-state index contributed by atoms with van der Waals surface area (Å²) in [5.74, 6) is 1.20. The molecule has 2 rings (SSSR count). The highest BCUT2D eigenvalue weighted by Gasteiger charge is 2.24. The monoisotopic (exact) mass is 339 g/mol. The lowest BCUT2D eigenvalue weighted by molar-refractivity contribution is -0.120. The third kappa shape index (κ3) is 7.18. The number of hydrogen-bond donors (Lipinski definition) is 0. The molecule has 0 bridgehead atoms. The highest BCUT2D eigenvalue weighted by atomic mass is 16.5. The average Bonchev–Trinajstić information content (AvgIpc) is 2.61. The van der Waals surface area contributed by atoms with E-state index in [2.05, 4.69) is 21.6 Å². The Balaban J connectivity index is 1.55. The molecule has 2 aliphatic rings. The molecule has 0 aromatic carbocycles. The average molecular weight is 340 g/mol. The molecular formula is C19H37N3O2. The molecule has 24 heavy (non-hydrogen) atoms. The zero-order chi connectivity index (χ0) is 17.2. The van der Waals surface area contributed by atoms with E-state index in [0.29, 0.717) is 18.7 Å². The molecule has 0 aromatic rings. The van der Waals surface area contributed by atoms with Crippen LogP contribution in [0.15, 0.2) is 0 Å². The van der Waals surface area contributed by atoms with Gasteiger partial charge in [0.2, 0.25) is 0 Å². The Hall–Kier alpha value is -0.490. The Labute approximate surface area is 148 Å². The molecule has 0 aliphatic carbocycles. The molecule has 0 saturated carbocycles. The number of hydrogen-bond acceptors (Lipinski definition) is 5. The molecule has 2 aliphatic heterocycles. The maximum Gasteiger partial charge on any atom is 0.146 e. The van der Waals surface area contributed by atoms with E-state index in [1.807, 2.05) is 6.92 Å². The summed E-state index contributed by atoms with van der Waals surface area (Å²) in [6.07, 6.45) is 4.29. The lowest BCUT2D eigenvalue weighted by atomic mass is 9.95. The van der Waals surface area contributed by atoms with E-state index in [4.69, 9.17) is 4.74 Å². The van der Waals surface area contributed by atoms with Crippen molar-refractivity contribution in [3.05, 3.63) is 0 Å². The first kappa shape index (κ1) is 19.8. The summed E-state index contributed by atoms with van der Waals surface area (Å²) in [5, 5.41) is 0. The van der Waals surface area contributed by atoms with E-state index in [0.717, 1.165) is 45.2 Å². The normalized spacial score (nSPS) is 22.1. The first-order valence-corrected chi connectivity index (χ1v) is 9.97. The van der Waals surface area contributed by atoms with E-state index in [1.54, 1.807) is 0 Å². The minimum absolute atomic E-state index is 0.382. The topological polar surface area (TPSA) is 36.0 Å². The Kier molecular flexibility index (Phi) is 9.24. The maximum atomic E-state index is 11.6. The van der Waals surface area contributed by atoms with Crippen molar-refractivity contribution < 1.29 is 9.53 Å². The molecule has 0 amide bonds. The predicted molar refractivity (Wildman–Crippen MR) is 98.5 cm³/mol. The summed E-state index contributed by atoms with van der Waals surface area (Å²) in [6, 6.07) is 0. The number of piperazine rings is 1. The van der Waals surface area contributed by atoms with Crippen molar-refractivity contribution in [3.8, 4) is 0 Å². The van der Waals surface area contributed by atoms with Gasteiger partial charge >= 0.3 is 0 Å². The second-order valence-electron chi connectivity index (χ2n) is 7.37. The second-order valence-corrected chi connectivity index (χ2v) is 7.37. The summed E-state index contributed by atoms with van der Waals surface area (Å²) in [4.78, 5) is 19.1. The number of ether oxygens (including phenoxy) is 1. The van der Waals surface area contributed by atoms with Crippen LogP contribution >= 0.6 is 0 Å². The Bertz CT molecular complexity index is 349. The van der Waals surface area contributed by atoms with Crippen molar-refractivity contribution in [2.24, 2.45) is 5.92 Å². The van der Waals surface area contributed by atoms with Crippen LogP contribution in [0.3, 0.4) is 0 Å². The third-order valence-electron chi connectivity index (χ3n) is 5.38. The largest absolute Gasteiger partial charge is 0.380 e. The van der Waals surface area contributed by atoms with Crippen LogP contribution in [0.25, 0.3) is 0 Å². The number of piperidine rings is 1. The number of ketones is 1. The summed E-state index contributed by atoms with van der Waals surface area (Å²) in [6.45, 7) is 15.8. The molecule has 140 valence electrons. The van der Waals surface area contributed by atoms with E-state index >= 15 is 0 Å². The summed E-state index contributed by atoms with van der Waals surface area (Å²) in [7, 11) is 0. The SMILES string of the molecule is CCCOCCN1CCN(CC2CCN(CC(=O)CC)CC2)CC1. The number of rotatable bonds is 10. The predicted octanol–water partition coefficient (Wildman–Crippen LogP) is 1.72. The van der Waals surface area contributed by atoms with Crippen molar-refractivity contribution in [2.75, 3.05) is 72.1 Å². The molecule has 2 saturated heterocycles. The van der Waals surface area contributed by atoms with Crippen molar-refractivity contribution in [1.29, 1.82) is 0 Å². The van der Waals surface area contributed by atoms with Gasteiger partial charge in [-0.05, 0) is 38.3 Å². The van der Waals surface area contributed by atoms with Gasteiger partial charge in [-0.2, -0.15) is 0 Å². The van der Waals surface area contributed by atoms with Gasteiger partial charge in [-0.1, -0.05) is 13.8 Å². The molecule has 2 fully saturated rings. The lowest BCUT2D eigenvalue weighted by Gasteiger charge is -2.38. The van der Waals surface area contributed by atoms with Gasteiger partial charge in [-0.3, -0.25) is 14.6 Å². The fourth-order valence-corrected chi connectivity index (χ4v) is 3.69. The van der Waals surface area contributed by atoms with Gasteiger partial charge in [-0.15, -0.1) is 0 Å². The van der Waals surface area contributed by atoms with Gasteiger partial charge in [0.25, 0.3) is 0 Å². The second kappa shape index (κ2) is 11.2. The van der Waals surface area contributed by atoms with Gasteiger partial charge < -0.3 is 9.64 Å². The fourth-order valence-electron chi connectivity index (χ4n) is 3.69. The first-order valence-electron chi connectivity index (χ1n) is 9.97. The number of likely N-dealkylation sites (tertiary alicyclic amines) is 1. The fraction of sp³-hybridized carbons (Fsp3) is 0.947. The van der Waals surface area contributed by atoms with E-state index in [-0.39, 0.29) is 0 Å². The number of nitrogens with zero attached hydrogens (tertiary/aromatic N) is 3. The minimum Gasteiger partial charge on any atom is -0.380 e. The molecule has 0 spiro atoms. The van der Waals surface area contributed by atoms with Crippen LogP contribution in [0, 0.1) is 5.92 Å². The van der Waals surface area contributed by atoms with E-state index < -0.39 is 0 Å². The highest BCUT2D eigenvalue weighted by Crippen LogP contribution is 2.19. The van der Waals surface area contributed by atoms with Gasteiger partial charge in [0.05, 0.1) is 13.2 Å². The summed E-state index contributed by atoms with van der Waals surface area (Å²) >= 11 is 0. The van der Waals surface area contributed by atoms with Crippen molar-refractivity contribution in [3.63, 3.8) is 0 Å². The van der Waals surface area contributed by atoms with Gasteiger partial charge in [-0.25, -0.2) is 0 Å². The van der Waals surface area contributed by atoms with Crippen LogP contribution in [-0.4, -0.2) is 92.6 Å². The van der Waals surface area contributed by atoms with Gasteiger partial charge in [0, 0.05) is 52.3 Å². The number of carbonyl (C=O) groups excluding carboxylic acids is 1. The molecule has 0 atom stereocenters. The van der Waals surface area contributed by atoms with Crippen LogP contribution in [0.2, 0.25) is 0 Å². The first-order chi connectivity index (χ1) is 11.7. The Morgan fingerprint density at radius 3 is 2.21 bits per heavy atom. The third-order valence-corrected chi connectivity index (χ3v) is 5.38. The molecule has 0 unspecified atom stereocenters. The van der Waals surface area contributed by atoms with Gasteiger partial charge in [0.1, 0.15) is 5.78 Å². The van der Waals surface area contributed by atoms with Crippen LogP contribution < -0.4 is 0 Å². The van der Waals surface area contributed by atoms with E-state index in [1.165, 1.54) is 45.6 Å². The van der Waals surface area contributed by atoms with Crippen LogP contribution in [0.1, 0.15) is 39.5 Å². The van der Waals surface area contributed by atoms with Crippen LogP contribution in [0.4, 0.5) is 0 Å². The van der Waals surface area contributed by atoms with Crippen LogP contribution in [-0.2, 0) is 9.53 Å². The Morgan fingerprint density at radius 1 is 0.917 bits per heavy atom. The molecule has 5 heteroatoms. The zero-order valence-corrected chi connectivity index (χ0v) is 15.8. The smallest absolute Gasteiger partial charge is 0.146 e. The highest BCUT2D eigenvalue weighted by molar-refractivity contribution is 5.80. The number of carbonyl (C=O) groups is 1. The summed E-state index contributed by atoms with van der Waals surface area (Å²) in [5.41, 5.74) is 0. The Morgan fingerprint density at radius 2 is 1.58 bits per heavy atom. The maximum absolute atomic E-state index is 11.6. The summed E-state index contributed by atoms with van der Waals surface area (Å²) < 4.78 is 5.60. The van der Waals surface area contributed by atoms with Crippen molar-refractivity contribution in [2.45, 2.75) is 39.5 Å². The van der Waals surface area contributed by atoms with Crippen LogP contribution in [0.5, 0.6) is 0 Å². The lowest BCUT2D eigenvalue weighted by Crippen LogP contribution is -2.49. The molecule has 5 nitrogen and oxygen atoms in total. The quantitative estimate of drug-likeness (QED) is 0.567. The van der Waals surface area contributed by atoms with Crippen molar-refractivity contribution >= 4 is 5.78 Å². The van der Waals surface area contributed by atoms with Crippen molar-refractivity contribution in [1.82, 2.24) is 14.7 Å². The van der Waals surface area contributed by atoms with E-state index in [9.17, 15) is 4.79 Å². The minimum atomic E-state index is 0.382. The zero-order valence-electron chi connectivity index (χ0n) is 15.8. The molecule has 0 radical (unpaired) electrons. The standard InChI is InChI=1S/C19H37N3O2/c1-3-14-24-15-13-20-9-11-22(12-10-20)16-18-5-7-21(8-6-18)17-19(23)4-2/h18H,3-17H2,1-2H3. The molecule has 0 aromatic heterocycles. The molecule has 2 heterocycles. The molecule has 0 N–H and O–H groups in total. The number of Topliss-reactive ketones (excluding diaryl/α,β-unsaturated/α-hetero) is 1.